The second-order valence-corrected chi connectivity index (χ2v) is 12.5. The molecule has 0 aliphatic rings. The highest BCUT2D eigenvalue weighted by molar-refractivity contribution is 7.92. The van der Waals surface area contributed by atoms with Gasteiger partial charge in [0.05, 0.1) is 10.6 Å². The summed E-state index contributed by atoms with van der Waals surface area (Å²) in [6.45, 7) is 6.41. The van der Waals surface area contributed by atoms with E-state index in [1.165, 1.54) is 23.1 Å². The Morgan fingerprint density at radius 3 is 2.13 bits per heavy atom. The van der Waals surface area contributed by atoms with Crippen molar-refractivity contribution in [1.29, 1.82) is 0 Å². The van der Waals surface area contributed by atoms with Crippen LogP contribution in [-0.2, 0) is 26.2 Å². The van der Waals surface area contributed by atoms with E-state index in [1.807, 2.05) is 20.8 Å². The Labute approximate surface area is 244 Å². The summed E-state index contributed by atoms with van der Waals surface area (Å²) >= 11 is 18.6. The SMILES string of the molecule is Cc1ccc(S(=O)(=O)N(CC(=O)N(Cc2ccc(Cl)cc2Cl)[C@@H](C)C(=O)NC(C)C)c2cccc(Cl)c2)cc1. The first-order valence-corrected chi connectivity index (χ1v) is 14.8. The third kappa shape index (κ3) is 7.88. The van der Waals surface area contributed by atoms with Crippen molar-refractivity contribution in [3.63, 3.8) is 0 Å². The number of anilines is 1. The highest BCUT2D eigenvalue weighted by Gasteiger charge is 2.33. The molecular formula is C28H30Cl3N3O4S. The monoisotopic (exact) mass is 609 g/mol. The van der Waals surface area contributed by atoms with E-state index in [9.17, 15) is 18.0 Å². The summed E-state index contributed by atoms with van der Waals surface area (Å²) in [4.78, 5) is 28.2. The van der Waals surface area contributed by atoms with Gasteiger partial charge >= 0.3 is 0 Å². The predicted molar refractivity (Wildman–Crippen MR) is 157 cm³/mol. The van der Waals surface area contributed by atoms with E-state index in [2.05, 4.69) is 5.32 Å². The molecule has 0 aromatic heterocycles. The zero-order valence-corrected chi connectivity index (χ0v) is 25.1. The summed E-state index contributed by atoms with van der Waals surface area (Å²) in [6, 6.07) is 16.3. The van der Waals surface area contributed by atoms with Crippen LogP contribution in [0.1, 0.15) is 31.9 Å². The number of sulfonamides is 1. The Balaban J connectivity index is 2.05. The average molecular weight is 611 g/mol. The van der Waals surface area contributed by atoms with Crippen molar-refractivity contribution in [2.45, 2.75) is 51.2 Å². The van der Waals surface area contributed by atoms with Crippen molar-refractivity contribution in [2.75, 3.05) is 10.8 Å². The minimum absolute atomic E-state index is 0.0128. The molecule has 1 N–H and O–H groups in total. The van der Waals surface area contributed by atoms with E-state index in [4.69, 9.17) is 34.8 Å². The summed E-state index contributed by atoms with van der Waals surface area (Å²) < 4.78 is 28.6. The fraction of sp³-hybridized carbons (Fsp3) is 0.286. The summed E-state index contributed by atoms with van der Waals surface area (Å²) in [5, 5.41) is 3.84. The number of carbonyl (C=O) groups excluding carboxylic acids is 2. The lowest BCUT2D eigenvalue weighted by atomic mass is 10.1. The van der Waals surface area contributed by atoms with Crippen LogP contribution >= 0.6 is 34.8 Å². The maximum atomic E-state index is 13.9. The van der Waals surface area contributed by atoms with Gasteiger partial charge < -0.3 is 10.2 Å². The molecule has 39 heavy (non-hydrogen) atoms. The van der Waals surface area contributed by atoms with Crippen molar-refractivity contribution < 1.29 is 18.0 Å². The van der Waals surface area contributed by atoms with Gasteiger partial charge in [-0.25, -0.2) is 8.42 Å². The van der Waals surface area contributed by atoms with Crippen LogP contribution in [-0.4, -0.2) is 43.8 Å². The number of halogens is 3. The van der Waals surface area contributed by atoms with Crippen molar-refractivity contribution in [3.05, 3.63) is 92.9 Å². The first-order valence-electron chi connectivity index (χ1n) is 12.2. The maximum Gasteiger partial charge on any atom is 0.264 e. The molecule has 0 aliphatic carbocycles. The molecule has 0 unspecified atom stereocenters. The number of nitrogens with one attached hydrogen (secondary N) is 1. The average Bonchev–Trinajstić information content (AvgIpc) is 2.86. The number of amides is 2. The van der Waals surface area contributed by atoms with Gasteiger partial charge in [0, 0.05) is 27.7 Å². The second-order valence-electron chi connectivity index (χ2n) is 9.40. The van der Waals surface area contributed by atoms with Crippen molar-refractivity contribution in [1.82, 2.24) is 10.2 Å². The third-order valence-corrected chi connectivity index (χ3v) is 8.55. The molecule has 0 spiro atoms. The lowest BCUT2D eigenvalue weighted by molar-refractivity contribution is -0.139. The van der Waals surface area contributed by atoms with E-state index in [1.54, 1.807) is 55.5 Å². The minimum atomic E-state index is -4.18. The van der Waals surface area contributed by atoms with Gasteiger partial charge in [-0.1, -0.05) is 64.6 Å². The number of benzene rings is 3. The molecule has 3 aromatic rings. The van der Waals surface area contributed by atoms with Crippen molar-refractivity contribution in [2.24, 2.45) is 0 Å². The topological polar surface area (TPSA) is 86.8 Å². The normalized spacial score (nSPS) is 12.2. The highest BCUT2D eigenvalue weighted by atomic mass is 35.5. The Hall–Kier alpha value is -2.78. The van der Waals surface area contributed by atoms with Gasteiger partial charge in [0.1, 0.15) is 12.6 Å². The van der Waals surface area contributed by atoms with Crippen LogP contribution in [0.15, 0.2) is 71.6 Å². The van der Waals surface area contributed by atoms with Gasteiger partial charge in [0.25, 0.3) is 10.0 Å². The molecule has 0 saturated heterocycles. The van der Waals surface area contributed by atoms with Gasteiger partial charge in [-0.15, -0.1) is 0 Å². The number of hydrogen-bond acceptors (Lipinski definition) is 4. The lowest BCUT2D eigenvalue weighted by Crippen LogP contribution is -2.52. The van der Waals surface area contributed by atoms with Crippen LogP contribution < -0.4 is 9.62 Å². The smallest absolute Gasteiger partial charge is 0.264 e. The molecule has 11 heteroatoms. The molecule has 0 radical (unpaired) electrons. The molecule has 0 aliphatic heterocycles. The summed E-state index contributed by atoms with van der Waals surface area (Å²) in [5.74, 6) is -0.998. The van der Waals surface area contributed by atoms with Crippen molar-refractivity contribution >= 4 is 62.3 Å². The van der Waals surface area contributed by atoms with E-state index in [-0.39, 0.29) is 29.1 Å². The largest absolute Gasteiger partial charge is 0.352 e. The van der Waals surface area contributed by atoms with Gasteiger partial charge in [-0.3, -0.25) is 13.9 Å². The number of hydrogen-bond donors (Lipinski definition) is 1. The fourth-order valence-corrected chi connectivity index (χ4v) is 5.88. The Bertz CT molecular complexity index is 1450. The van der Waals surface area contributed by atoms with Crippen LogP contribution in [0.4, 0.5) is 5.69 Å². The number of nitrogens with zero attached hydrogens (tertiary/aromatic N) is 2. The molecule has 3 rings (SSSR count). The fourth-order valence-electron chi connectivity index (χ4n) is 3.82. The zero-order valence-electron chi connectivity index (χ0n) is 22.0. The van der Waals surface area contributed by atoms with Crippen LogP contribution in [0, 0.1) is 6.92 Å². The molecule has 3 aromatic carbocycles. The maximum absolute atomic E-state index is 13.9. The minimum Gasteiger partial charge on any atom is -0.352 e. The molecule has 208 valence electrons. The lowest BCUT2D eigenvalue weighted by Gasteiger charge is -2.32. The molecule has 0 bridgehead atoms. The molecule has 2 amide bonds. The number of carbonyl (C=O) groups is 2. The number of aryl methyl sites for hydroxylation is 1. The Morgan fingerprint density at radius 1 is 0.897 bits per heavy atom. The first kappa shape index (κ1) is 30.8. The van der Waals surface area contributed by atoms with E-state index in [0.717, 1.165) is 9.87 Å². The first-order chi connectivity index (χ1) is 18.3. The molecule has 0 fully saturated rings. The Kier molecular flexibility index (Phi) is 10.3. The molecule has 0 saturated carbocycles. The summed E-state index contributed by atoms with van der Waals surface area (Å²) in [5.41, 5.74) is 1.64. The third-order valence-electron chi connectivity index (χ3n) is 5.94. The zero-order chi connectivity index (χ0) is 28.9. The van der Waals surface area contributed by atoms with E-state index < -0.39 is 28.5 Å². The van der Waals surface area contributed by atoms with E-state index in [0.29, 0.717) is 20.6 Å². The van der Waals surface area contributed by atoms with Gasteiger partial charge in [-0.2, -0.15) is 0 Å². The Morgan fingerprint density at radius 2 is 1.54 bits per heavy atom. The standard InChI is InChI=1S/C28H30Cl3N3O4S/c1-18(2)32-28(36)20(4)33(16-21-10-11-23(30)15-26(21)31)27(35)17-34(24-7-5-6-22(29)14-24)39(37,38)25-12-8-19(3)9-13-25/h5-15,18,20H,16-17H2,1-4H3,(H,32,36)/t20-/m0/s1. The number of rotatable bonds is 10. The van der Waals surface area contributed by atoms with E-state index >= 15 is 0 Å². The predicted octanol–water partition coefficient (Wildman–Crippen LogP) is 6.09. The second kappa shape index (κ2) is 13.0. The van der Waals surface area contributed by atoms with Gasteiger partial charge in [0.15, 0.2) is 0 Å². The van der Waals surface area contributed by atoms with Gasteiger partial charge in [-0.05, 0) is 75.7 Å². The summed E-state index contributed by atoms with van der Waals surface area (Å²) in [6.07, 6.45) is 0. The molecule has 1 atom stereocenters. The van der Waals surface area contributed by atoms with Crippen molar-refractivity contribution in [3.8, 4) is 0 Å². The molecular weight excluding hydrogens is 581 g/mol. The molecule has 7 nitrogen and oxygen atoms in total. The quantitative estimate of drug-likeness (QED) is 0.301. The highest BCUT2D eigenvalue weighted by Crippen LogP contribution is 2.28. The van der Waals surface area contributed by atoms with Crippen LogP contribution in [0.25, 0.3) is 0 Å². The van der Waals surface area contributed by atoms with Crippen LogP contribution in [0.2, 0.25) is 15.1 Å². The van der Waals surface area contributed by atoms with Gasteiger partial charge in [0.2, 0.25) is 11.8 Å². The summed E-state index contributed by atoms with van der Waals surface area (Å²) in [7, 11) is -4.18. The molecule has 0 heterocycles. The van der Waals surface area contributed by atoms with Crippen LogP contribution in [0.5, 0.6) is 0 Å². The van der Waals surface area contributed by atoms with Crippen LogP contribution in [0.3, 0.4) is 0 Å².